The maximum absolute atomic E-state index is 12.1. The highest BCUT2D eigenvalue weighted by atomic mass is 32.2. The van der Waals surface area contributed by atoms with Crippen LogP contribution >= 0.6 is 11.3 Å². The maximum Gasteiger partial charge on any atom is 0.235 e. The number of hydrogen-bond acceptors (Lipinski definition) is 5. The highest BCUT2D eigenvalue weighted by Gasteiger charge is 2.28. The summed E-state index contributed by atoms with van der Waals surface area (Å²) in [6.07, 6.45) is 0.689. The van der Waals surface area contributed by atoms with E-state index in [1.807, 2.05) is 41.9 Å². The Morgan fingerprint density at radius 3 is 2.92 bits per heavy atom. The van der Waals surface area contributed by atoms with E-state index >= 15 is 0 Å². The van der Waals surface area contributed by atoms with Gasteiger partial charge in [-0.2, -0.15) is 0 Å². The molecule has 1 atom stereocenters. The first-order valence-corrected chi connectivity index (χ1v) is 10.7. The van der Waals surface area contributed by atoms with Crippen LogP contribution in [0.4, 0.5) is 11.4 Å². The zero-order chi connectivity index (χ0) is 17.4. The van der Waals surface area contributed by atoms with E-state index < -0.39 is 10.0 Å². The molecule has 0 radical (unpaired) electrons. The molecule has 0 spiro atoms. The van der Waals surface area contributed by atoms with Gasteiger partial charge in [0.1, 0.15) is 0 Å². The van der Waals surface area contributed by atoms with Crippen LogP contribution in [-0.4, -0.2) is 25.7 Å². The second-order valence-corrected chi connectivity index (χ2v) is 9.14. The molecule has 1 N–H and O–H groups in total. The molecule has 5 nitrogen and oxygen atoms in total. The fourth-order valence-corrected chi connectivity index (χ4v) is 5.37. The van der Waals surface area contributed by atoms with E-state index in [2.05, 4.69) is 23.3 Å². The molecule has 0 aliphatic carbocycles. The zero-order valence-corrected chi connectivity index (χ0v) is 15.5. The molecule has 0 bridgehead atoms. The molecule has 2 heterocycles. The average molecular weight is 374 g/mol. The van der Waals surface area contributed by atoms with E-state index in [4.69, 9.17) is 0 Å². The predicted octanol–water partition coefficient (Wildman–Crippen LogP) is 4.01. The normalized spacial score (nSPS) is 17.7. The summed E-state index contributed by atoms with van der Waals surface area (Å²) in [6, 6.07) is 14.0. The fraction of sp³-hybridized carbons (Fsp3) is 0.278. The summed E-state index contributed by atoms with van der Waals surface area (Å²) in [5, 5.41) is 3.48. The third-order valence-corrected chi connectivity index (χ3v) is 7.15. The zero-order valence-electron chi connectivity index (χ0n) is 13.8. The maximum atomic E-state index is 12.1. The van der Waals surface area contributed by atoms with Crippen LogP contribution in [0.3, 0.4) is 0 Å². The smallest absolute Gasteiger partial charge is 0.235 e. The lowest BCUT2D eigenvalue weighted by molar-refractivity contribution is 0.599. The molecule has 4 rings (SSSR count). The molecule has 1 fully saturated rings. The molecule has 0 amide bonds. The van der Waals surface area contributed by atoms with Gasteiger partial charge in [-0.3, -0.25) is 4.31 Å². The van der Waals surface area contributed by atoms with E-state index in [1.54, 1.807) is 11.3 Å². The van der Waals surface area contributed by atoms with E-state index in [0.717, 1.165) is 22.5 Å². The average Bonchev–Trinajstić information content (AvgIpc) is 3.20. The summed E-state index contributed by atoms with van der Waals surface area (Å²) in [4.78, 5) is 4.35. The van der Waals surface area contributed by atoms with Gasteiger partial charge >= 0.3 is 0 Å². The van der Waals surface area contributed by atoms with Gasteiger partial charge in [-0.25, -0.2) is 13.4 Å². The van der Waals surface area contributed by atoms with Crippen molar-refractivity contribution in [3.8, 4) is 0 Å². The Balaban J connectivity index is 1.57. The molecule has 3 aromatic rings. The Bertz CT molecular complexity index is 1010. The standard InChI is InChI=1S/C18H19N3O2S2/c1-13(20-15-6-7-18-17(11-15)19-12-24-18)14-4-2-5-16(10-14)21-8-3-9-25(21,22)23/h2,4-7,10-13,20H,3,8-9H2,1H3. The molecule has 130 valence electrons. The molecule has 0 saturated carbocycles. The lowest BCUT2D eigenvalue weighted by atomic mass is 10.1. The van der Waals surface area contributed by atoms with E-state index in [9.17, 15) is 8.42 Å². The van der Waals surface area contributed by atoms with Crippen LogP contribution in [0.1, 0.15) is 24.9 Å². The largest absolute Gasteiger partial charge is 0.378 e. The van der Waals surface area contributed by atoms with Gasteiger partial charge in [-0.15, -0.1) is 11.3 Å². The van der Waals surface area contributed by atoms with Crippen molar-refractivity contribution in [2.45, 2.75) is 19.4 Å². The quantitative estimate of drug-likeness (QED) is 0.751. The van der Waals surface area contributed by atoms with Crippen molar-refractivity contribution in [3.63, 3.8) is 0 Å². The number of nitrogens with one attached hydrogen (secondary N) is 1. The Kier molecular flexibility index (Phi) is 4.13. The first-order chi connectivity index (χ1) is 12.0. The number of sulfonamides is 1. The summed E-state index contributed by atoms with van der Waals surface area (Å²) in [7, 11) is -3.15. The van der Waals surface area contributed by atoms with Gasteiger partial charge < -0.3 is 5.32 Å². The minimum Gasteiger partial charge on any atom is -0.378 e. The summed E-state index contributed by atoms with van der Waals surface area (Å²) in [5.74, 6) is 0.235. The Morgan fingerprint density at radius 2 is 2.12 bits per heavy atom. The van der Waals surface area contributed by atoms with E-state index in [-0.39, 0.29) is 11.8 Å². The molecule has 2 aromatic carbocycles. The number of anilines is 2. The van der Waals surface area contributed by atoms with Gasteiger partial charge in [-0.1, -0.05) is 12.1 Å². The third-order valence-electron chi connectivity index (χ3n) is 4.47. The molecule has 1 unspecified atom stereocenters. The highest BCUT2D eigenvalue weighted by Crippen LogP contribution is 2.29. The van der Waals surface area contributed by atoms with Crippen LogP contribution in [0.2, 0.25) is 0 Å². The second-order valence-electron chi connectivity index (χ2n) is 6.24. The summed E-state index contributed by atoms with van der Waals surface area (Å²) < 4.78 is 27.0. The topological polar surface area (TPSA) is 62.3 Å². The number of hydrogen-bond donors (Lipinski definition) is 1. The van der Waals surface area contributed by atoms with E-state index in [0.29, 0.717) is 13.0 Å². The van der Waals surface area contributed by atoms with Crippen LogP contribution < -0.4 is 9.62 Å². The van der Waals surface area contributed by atoms with Crippen molar-refractivity contribution in [3.05, 3.63) is 53.5 Å². The Morgan fingerprint density at radius 1 is 1.24 bits per heavy atom. The minimum absolute atomic E-state index is 0.0568. The first-order valence-electron chi connectivity index (χ1n) is 8.23. The van der Waals surface area contributed by atoms with Gasteiger partial charge in [0.2, 0.25) is 10.0 Å². The van der Waals surface area contributed by atoms with Crippen molar-refractivity contribution < 1.29 is 8.42 Å². The van der Waals surface area contributed by atoms with Crippen molar-refractivity contribution in [1.29, 1.82) is 0 Å². The molecule has 7 heteroatoms. The summed E-state index contributed by atoms with van der Waals surface area (Å²) in [5.41, 5.74) is 5.64. The molecule has 25 heavy (non-hydrogen) atoms. The van der Waals surface area contributed by atoms with Gasteiger partial charge in [0, 0.05) is 18.3 Å². The van der Waals surface area contributed by atoms with Crippen LogP contribution in [-0.2, 0) is 10.0 Å². The van der Waals surface area contributed by atoms with E-state index in [1.165, 1.54) is 9.01 Å². The SMILES string of the molecule is CC(Nc1ccc2scnc2c1)c1cccc(N2CCCS2(=O)=O)c1. The van der Waals surface area contributed by atoms with Crippen molar-refractivity contribution >= 4 is 43.0 Å². The number of rotatable bonds is 4. The van der Waals surface area contributed by atoms with Crippen LogP contribution in [0.25, 0.3) is 10.2 Å². The van der Waals surface area contributed by atoms with Crippen molar-refractivity contribution in [2.24, 2.45) is 0 Å². The number of benzene rings is 2. The lowest BCUT2D eigenvalue weighted by Crippen LogP contribution is -2.25. The molecule has 1 saturated heterocycles. The summed E-state index contributed by atoms with van der Waals surface area (Å²) >= 11 is 1.63. The van der Waals surface area contributed by atoms with Crippen molar-refractivity contribution in [1.82, 2.24) is 4.98 Å². The van der Waals surface area contributed by atoms with Gasteiger partial charge in [0.05, 0.1) is 27.2 Å². The number of thiazole rings is 1. The monoisotopic (exact) mass is 373 g/mol. The second kappa shape index (κ2) is 6.31. The van der Waals surface area contributed by atoms with Gasteiger partial charge in [-0.05, 0) is 49.2 Å². The summed E-state index contributed by atoms with van der Waals surface area (Å²) in [6.45, 7) is 2.64. The molecule has 1 aliphatic rings. The fourth-order valence-electron chi connectivity index (χ4n) is 3.16. The number of aromatic nitrogens is 1. The minimum atomic E-state index is -3.15. The highest BCUT2D eigenvalue weighted by molar-refractivity contribution is 7.93. The first kappa shape index (κ1) is 16.4. The van der Waals surface area contributed by atoms with Crippen LogP contribution in [0, 0.1) is 0 Å². The lowest BCUT2D eigenvalue weighted by Gasteiger charge is -2.20. The molecular weight excluding hydrogens is 354 g/mol. The third kappa shape index (κ3) is 3.21. The molecule has 1 aliphatic heterocycles. The van der Waals surface area contributed by atoms with Crippen LogP contribution in [0.5, 0.6) is 0 Å². The van der Waals surface area contributed by atoms with Gasteiger partial charge in [0.25, 0.3) is 0 Å². The predicted molar refractivity (Wildman–Crippen MR) is 104 cm³/mol. The number of fused-ring (bicyclic) bond motifs is 1. The molecular formula is C18H19N3O2S2. The Hall–Kier alpha value is -2.12. The van der Waals surface area contributed by atoms with Crippen molar-refractivity contribution in [2.75, 3.05) is 21.9 Å². The molecule has 1 aromatic heterocycles. The van der Waals surface area contributed by atoms with Crippen LogP contribution in [0.15, 0.2) is 48.0 Å². The van der Waals surface area contributed by atoms with Gasteiger partial charge in [0.15, 0.2) is 0 Å². The number of nitrogens with zero attached hydrogens (tertiary/aromatic N) is 2. The Labute approximate surface area is 151 Å².